The van der Waals surface area contributed by atoms with Gasteiger partial charge in [0.05, 0.1) is 29.8 Å². The predicted molar refractivity (Wildman–Crippen MR) is 96.1 cm³/mol. The maximum Gasteiger partial charge on any atom is 0.264 e. The first-order valence-electron chi connectivity index (χ1n) is 8.94. The molecule has 4 heterocycles. The molecule has 2 unspecified atom stereocenters. The summed E-state index contributed by atoms with van der Waals surface area (Å²) in [5.41, 5.74) is -0.0301. The van der Waals surface area contributed by atoms with E-state index >= 15 is 0 Å². The molecule has 0 spiro atoms. The lowest BCUT2D eigenvalue weighted by molar-refractivity contribution is -0.122. The van der Waals surface area contributed by atoms with E-state index in [1.54, 1.807) is 0 Å². The molecular formula is C16H21N5O5S. The lowest BCUT2D eigenvalue weighted by Gasteiger charge is -2.12. The number of nitrogens with zero attached hydrogens (tertiary/aromatic N) is 4. The van der Waals surface area contributed by atoms with E-state index in [1.165, 1.54) is 21.8 Å². The van der Waals surface area contributed by atoms with Crippen LogP contribution in [-0.2, 0) is 25.9 Å². The SMILES string of the molecule is O=C(Cn1cnc2c(cnn2C2CCS(=O)(=O)C2)c1=O)NCC1CCCO1. The van der Waals surface area contributed by atoms with Crippen molar-refractivity contribution in [2.45, 2.75) is 38.0 Å². The van der Waals surface area contributed by atoms with Crippen LogP contribution in [0.2, 0.25) is 0 Å². The van der Waals surface area contributed by atoms with E-state index in [1.807, 2.05) is 0 Å². The van der Waals surface area contributed by atoms with Crippen LogP contribution < -0.4 is 10.9 Å². The third kappa shape index (κ3) is 3.74. The first-order chi connectivity index (χ1) is 12.9. The third-order valence-electron chi connectivity index (χ3n) is 5.00. The van der Waals surface area contributed by atoms with Gasteiger partial charge in [0.25, 0.3) is 5.56 Å². The molecule has 1 amide bonds. The van der Waals surface area contributed by atoms with Crippen LogP contribution in [0.4, 0.5) is 0 Å². The predicted octanol–water partition coefficient (Wildman–Crippen LogP) is -0.752. The van der Waals surface area contributed by atoms with Gasteiger partial charge in [0.15, 0.2) is 15.5 Å². The largest absolute Gasteiger partial charge is 0.376 e. The Kier molecular flexibility index (Phi) is 4.72. The van der Waals surface area contributed by atoms with E-state index in [-0.39, 0.29) is 47.0 Å². The summed E-state index contributed by atoms with van der Waals surface area (Å²) in [6, 6.07) is -0.315. The average molecular weight is 395 g/mol. The Bertz CT molecular complexity index is 1020. The minimum absolute atomic E-state index is 0.000187. The fourth-order valence-electron chi connectivity index (χ4n) is 3.56. The number of rotatable bonds is 5. The van der Waals surface area contributed by atoms with Crippen LogP contribution in [0.5, 0.6) is 0 Å². The van der Waals surface area contributed by atoms with Gasteiger partial charge in [-0.25, -0.2) is 18.1 Å². The summed E-state index contributed by atoms with van der Waals surface area (Å²) in [4.78, 5) is 29.0. The summed E-state index contributed by atoms with van der Waals surface area (Å²) in [7, 11) is -3.07. The molecule has 1 N–H and O–H groups in total. The first-order valence-corrected chi connectivity index (χ1v) is 10.8. The second kappa shape index (κ2) is 7.04. The van der Waals surface area contributed by atoms with Gasteiger partial charge in [-0.05, 0) is 19.3 Å². The molecule has 27 heavy (non-hydrogen) atoms. The Morgan fingerprint density at radius 3 is 2.93 bits per heavy atom. The van der Waals surface area contributed by atoms with Gasteiger partial charge in [0, 0.05) is 13.2 Å². The molecule has 2 aromatic rings. The van der Waals surface area contributed by atoms with Gasteiger partial charge in [-0.15, -0.1) is 0 Å². The Labute approximate surface area is 155 Å². The van der Waals surface area contributed by atoms with E-state index in [9.17, 15) is 18.0 Å². The van der Waals surface area contributed by atoms with Crippen molar-refractivity contribution in [1.82, 2.24) is 24.6 Å². The van der Waals surface area contributed by atoms with E-state index in [0.29, 0.717) is 25.2 Å². The third-order valence-corrected chi connectivity index (χ3v) is 6.75. The van der Waals surface area contributed by atoms with E-state index < -0.39 is 9.84 Å². The lowest BCUT2D eigenvalue weighted by atomic mass is 10.2. The first kappa shape index (κ1) is 18.1. The number of fused-ring (bicyclic) bond motifs is 1. The number of nitrogens with one attached hydrogen (secondary N) is 1. The number of ether oxygens (including phenoxy) is 1. The van der Waals surface area contributed by atoms with Gasteiger partial charge >= 0.3 is 0 Å². The van der Waals surface area contributed by atoms with Crippen LogP contribution in [0, 0.1) is 0 Å². The molecule has 2 aliphatic rings. The minimum Gasteiger partial charge on any atom is -0.376 e. The van der Waals surface area contributed by atoms with Gasteiger partial charge in [0.2, 0.25) is 5.91 Å². The van der Waals surface area contributed by atoms with Gasteiger partial charge in [0.1, 0.15) is 18.3 Å². The van der Waals surface area contributed by atoms with Crippen molar-refractivity contribution in [1.29, 1.82) is 0 Å². The summed E-state index contributed by atoms with van der Waals surface area (Å²) >= 11 is 0. The number of hydrogen-bond acceptors (Lipinski definition) is 7. The number of hydrogen-bond donors (Lipinski definition) is 1. The topological polar surface area (TPSA) is 125 Å². The Morgan fingerprint density at radius 1 is 1.37 bits per heavy atom. The van der Waals surface area contributed by atoms with Gasteiger partial charge in [-0.2, -0.15) is 5.10 Å². The minimum atomic E-state index is -3.07. The number of carbonyl (C=O) groups is 1. The van der Waals surface area contributed by atoms with Crippen molar-refractivity contribution in [2.24, 2.45) is 0 Å². The Hall–Kier alpha value is -2.27. The zero-order valence-electron chi connectivity index (χ0n) is 14.7. The quantitative estimate of drug-likeness (QED) is 0.706. The fraction of sp³-hybridized carbons (Fsp3) is 0.625. The van der Waals surface area contributed by atoms with Crippen molar-refractivity contribution in [3.63, 3.8) is 0 Å². The lowest BCUT2D eigenvalue weighted by Crippen LogP contribution is -2.36. The molecule has 2 aromatic heterocycles. The fourth-order valence-corrected chi connectivity index (χ4v) is 5.25. The van der Waals surface area contributed by atoms with Crippen molar-refractivity contribution < 1.29 is 17.9 Å². The number of carbonyl (C=O) groups excluding carboxylic acids is 1. The van der Waals surface area contributed by atoms with Gasteiger partial charge < -0.3 is 10.1 Å². The van der Waals surface area contributed by atoms with Crippen LogP contribution in [-0.4, -0.2) is 64.4 Å². The van der Waals surface area contributed by atoms with Crippen LogP contribution in [0.25, 0.3) is 11.0 Å². The Balaban J connectivity index is 1.49. The summed E-state index contributed by atoms with van der Waals surface area (Å²) in [5, 5.41) is 7.21. The van der Waals surface area contributed by atoms with Crippen molar-refractivity contribution in [3.8, 4) is 0 Å². The zero-order valence-corrected chi connectivity index (χ0v) is 15.5. The molecule has 0 radical (unpaired) electrons. The van der Waals surface area contributed by atoms with Crippen LogP contribution >= 0.6 is 0 Å². The summed E-state index contributed by atoms with van der Waals surface area (Å²) in [6.07, 6.45) is 5.09. The smallest absolute Gasteiger partial charge is 0.264 e. The number of amides is 1. The standard InChI is InChI=1S/C16H21N5O5S/c22-14(17-6-12-2-1-4-26-12)8-20-10-18-15-13(16(20)23)7-19-21(15)11-3-5-27(24,25)9-11/h7,10-12H,1-6,8-9H2,(H,17,22). The van der Waals surface area contributed by atoms with Crippen molar-refractivity contribution in [3.05, 3.63) is 22.9 Å². The molecule has 0 aromatic carbocycles. The molecule has 0 bridgehead atoms. The maximum atomic E-state index is 12.6. The highest BCUT2D eigenvalue weighted by atomic mass is 32.2. The molecule has 146 valence electrons. The Morgan fingerprint density at radius 2 is 2.22 bits per heavy atom. The van der Waals surface area contributed by atoms with Crippen molar-refractivity contribution in [2.75, 3.05) is 24.7 Å². The molecule has 0 aliphatic carbocycles. The molecule has 2 fully saturated rings. The molecular weight excluding hydrogens is 374 g/mol. The molecule has 10 nitrogen and oxygen atoms in total. The summed E-state index contributed by atoms with van der Waals surface area (Å²) < 4.78 is 31.6. The molecule has 2 aliphatic heterocycles. The molecule has 2 saturated heterocycles. The van der Waals surface area contributed by atoms with E-state index in [4.69, 9.17) is 4.74 Å². The highest BCUT2D eigenvalue weighted by Crippen LogP contribution is 2.25. The van der Waals surface area contributed by atoms with Crippen molar-refractivity contribution >= 4 is 26.8 Å². The monoisotopic (exact) mass is 395 g/mol. The number of sulfone groups is 1. The van der Waals surface area contributed by atoms with Crippen LogP contribution in [0.3, 0.4) is 0 Å². The summed E-state index contributed by atoms with van der Waals surface area (Å²) in [5.74, 6) is -0.177. The molecule has 0 saturated carbocycles. The highest BCUT2D eigenvalue weighted by molar-refractivity contribution is 7.91. The second-order valence-corrected chi connectivity index (χ2v) is 9.23. The molecule has 4 rings (SSSR count). The van der Waals surface area contributed by atoms with E-state index in [2.05, 4.69) is 15.4 Å². The molecule has 2 atom stereocenters. The van der Waals surface area contributed by atoms with E-state index in [0.717, 1.165) is 12.8 Å². The number of aromatic nitrogens is 4. The van der Waals surface area contributed by atoms with Crippen LogP contribution in [0.15, 0.2) is 17.3 Å². The van der Waals surface area contributed by atoms with Gasteiger partial charge in [-0.1, -0.05) is 0 Å². The normalized spacial score (nSPS) is 24.4. The highest BCUT2D eigenvalue weighted by Gasteiger charge is 2.31. The van der Waals surface area contributed by atoms with Gasteiger partial charge in [-0.3, -0.25) is 14.2 Å². The average Bonchev–Trinajstić information content (AvgIpc) is 3.35. The summed E-state index contributed by atoms with van der Waals surface area (Å²) in [6.45, 7) is 1.00. The zero-order chi connectivity index (χ0) is 19.0. The second-order valence-electron chi connectivity index (χ2n) is 7.00. The maximum absolute atomic E-state index is 12.6. The van der Waals surface area contributed by atoms with Crippen LogP contribution in [0.1, 0.15) is 25.3 Å². The molecule has 11 heteroatoms.